The van der Waals surface area contributed by atoms with E-state index in [4.69, 9.17) is 5.26 Å². The SMILES string of the molecule is CC(O)C(C)(C)Nc1ccnc(C#N)c1. The van der Waals surface area contributed by atoms with Crippen molar-refractivity contribution >= 4 is 5.69 Å². The Balaban J connectivity index is 2.86. The fraction of sp³-hybridized carbons (Fsp3) is 0.455. The first-order valence-corrected chi connectivity index (χ1v) is 4.78. The second-order valence-corrected chi connectivity index (χ2v) is 4.06. The van der Waals surface area contributed by atoms with Crippen LogP contribution in [0, 0.1) is 11.3 Å². The smallest absolute Gasteiger partial charge is 0.142 e. The highest BCUT2D eigenvalue weighted by molar-refractivity contribution is 5.47. The highest BCUT2D eigenvalue weighted by Crippen LogP contribution is 2.18. The van der Waals surface area contributed by atoms with Gasteiger partial charge in [0.1, 0.15) is 11.8 Å². The number of nitrogens with one attached hydrogen (secondary N) is 1. The summed E-state index contributed by atoms with van der Waals surface area (Å²) in [5.74, 6) is 0. The molecule has 1 aromatic rings. The Hall–Kier alpha value is -1.60. The molecule has 0 aliphatic heterocycles. The second kappa shape index (κ2) is 4.28. The largest absolute Gasteiger partial charge is 0.391 e. The van der Waals surface area contributed by atoms with Gasteiger partial charge in [-0.2, -0.15) is 5.26 Å². The van der Waals surface area contributed by atoms with Crippen LogP contribution in [0.4, 0.5) is 5.69 Å². The van der Waals surface area contributed by atoms with Crippen molar-refractivity contribution < 1.29 is 5.11 Å². The number of hydrogen-bond acceptors (Lipinski definition) is 4. The van der Waals surface area contributed by atoms with Crippen LogP contribution in [0.1, 0.15) is 26.5 Å². The zero-order chi connectivity index (χ0) is 11.5. The Kier molecular flexibility index (Phi) is 3.28. The zero-order valence-corrected chi connectivity index (χ0v) is 9.15. The molecular weight excluding hydrogens is 190 g/mol. The summed E-state index contributed by atoms with van der Waals surface area (Å²) in [7, 11) is 0. The third-order valence-corrected chi connectivity index (χ3v) is 2.39. The van der Waals surface area contributed by atoms with E-state index in [-0.39, 0.29) is 0 Å². The molecule has 0 fully saturated rings. The van der Waals surface area contributed by atoms with Gasteiger partial charge in [0.15, 0.2) is 0 Å². The van der Waals surface area contributed by atoms with Crippen molar-refractivity contribution in [3.63, 3.8) is 0 Å². The number of nitrogens with zero attached hydrogens (tertiary/aromatic N) is 2. The molecule has 0 saturated carbocycles. The minimum atomic E-state index is -0.490. The number of pyridine rings is 1. The third kappa shape index (κ3) is 2.93. The average Bonchev–Trinajstić information content (AvgIpc) is 2.17. The quantitative estimate of drug-likeness (QED) is 0.785. The lowest BCUT2D eigenvalue weighted by molar-refractivity contribution is 0.133. The molecule has 1 aromatic heterocycles. The number of aromatic nitrogens is 1. The van der Waals surface area contributed by atoms with Crippen LogP contribution in [0.3, 0.4) is 0 Å². The molecule has 0 bridgehead atoms. The van der Waals surface area contributed by atoms with Crippen LogP contribution in [0.25, 0.3) is 0 Å². The van der Waals surface area contributed by atoms with Crippen LogP contribution in [0.5, 0.6) is 0 Å². The van der Waals surface area contributed by atoms with E-state index in [0.29, 0.717) is 5.69 Å². The molecule has 0 radical (unpaired) electrons. The maximum absolute atomic E-state index is 9.52. The molecule has 1 atom stereocenters. The van der Waals surface area contributed by atoms with Crippen molar-refractivity contribution in [2.45, 2.75) is 32.4 Å². The van der Waals surface area contributed by atoms with Gasteiger partial charge in [-0.3, -0.25) is 0 Å². The van der Waals surface area contributed by atoms with E-state index in [1.54, 1.807) is 25.3 Å². The molecule has 0 aliphatic carbocycles. The van der Waals surface area contributed by atoms with Crippen LogP contribution in [0.15, 0.2) is 18.3 Å². The zero-order valence-electron chi connectivity index (χ0n) is 9.15. The predicted molar refractivity (Wildman–Crippen MR) is 58.3 cm³/mol. The monoisotopic (exact) mass is 205 g/mol. The van der Waals surface area contributed by atoms with Crippen molar-refractivity contribution in [1.82, 2.24) is 4.98 Å². The van der Waals surface area contributed by atoms with Crippen molar-refractivity contribution in [2.24, 2.45) is 0 Å². The molecule has 2 N–H and O–H groups in total. The normalized spacial score (nSPS) is 13.0. The summed E-state index contributed by atoms with van der Waals surface area (Å²) < 4.78 is 0. The number of aliphatic hydroxyl groups is 1. The molecule has 0 amide bonds. The summed E-state index contributed by atoms with van der Waals surface area (Å²) in [5.41, 5.74) is 0.711. The number of nitriles is 1. The predicted octanol–water partition coefficient (Wildman–Crippen LogP) is 1.52. The molecule has 1 rings (SSSR count). The summed E-state index contributed by atoms with van der Waals surface area (Å²) >= 11 is 0. The molecule has 80 valence electrons. The van der Waals surface area contributed by atoms with Crippen molar-refractivity contribution in [3.05, 3.63) is 24.0 Å². The summed E-state index contributed by atoms with van der Waals surface area (Å²) in [4.78, 5) is 3.87. The van der Waals surface area contributed by atoms with Gasteiger partial charge in [0.25, 0.3) is 0 Å². The molecule has 1 unspecified atom stereocenters. The van der Waals surface area contributed by atoms with E-state index in [0.717, 1.165) is 5.69 Å². The average molecular weight is 205 g/mol. The second-order valence-electron chi connectivity index (χ2n) is 4.06. The lowest BCUT2D eigenvalue weighted by Gasteiger charge is -2.30. The number of aliphatic hydroxyl groups excluding tert-OH is 1. The molecule has 1 heterocycles. The molecule has 0 aliphatic rings. The lowest BCUT2D eigenvalue weighted by Crippen LogP contribution is -2.41. The van der Waals surface area contributed by atoms with E-state index in [9.17, 15) is 5.11 Å². The van der Waals surface area contributed by atoms with E-state index in [2.05, 4.69) is 10.3 Å². The fourth-order valence-corrected chi connectivity index (χ4v) is 1.05. The maximum atomic E-state index is 9.52. The standard InChI is InChI=1S/C11H15N3O/c1-8(15)11(2,3)14-9-4-5-13-10(6-9)7-12/h4-6,8,15H,1-3H3,(H,13,14). The number of anilines is 1. The summed E-state index contributed by atoms with van der Waals surface area (Å²) in [6, 6.07) is 5.39. The Morgan fingerprint density at radius 3 is 2.80 bits per heavy atom. The molecule has 0 saturated heterocycles. The Morgan fingerprint density at radius 1 is 1.60 bits per heavy atom. The van der Waals surface area contributed by atoms with Crippen molar-refractivity contribution in [1.29, 1.82) is 5.26 Å². The molecular formula is C11H15N3O. The van der Waals surface area contributed by atoms with Gasteiger partial charge in [0.05, 0.1) is 11.6 Å². The van der Waals surface area contributed by atoms with Gasteiger partial charge in [-0.1, -0.05) is 0 Å². The highest BCUT2D eigenvalue weighted by Gasteiger charge is 2.23. The van der Waals surface area contributed by atoms with Crippen LogP contribution in [-0.2, 0) is 0 Å². The van der Waals surface area contributed by atoms with Gasteiger partial charge in [-0.05, 0) is 32.9 Å². The van der Waals surface area contributed by atoms with Crippen molar-refractivity contribution in [3.8, 4) is 6.07 Å². The third-order valence-electron chi connectivity index (χ3n) is 2.39. The van der Waals surface area contributed by atoms with E-state index in [1.165, 1.54) is 0 Å². The minimum absolute atomic E-state index is 0.362. The highest BCUT2D eigenvalue weighted by atomic mass is 16.3. The number of hydrogen-bond donors (Lipinski definition) is 2. The Bertz CT molecular complexity index is 380. The molecule has 0 spiro atoms. The van der Waals surface area contributed by atoms with Gasteiger partial charge in [0.2, 0.25) is 0 Å². The summed E-state index contributed by atoms with van der Waals surface area (Å²) in [6.45, 7) is 5.51. The maximum Gasteiger partial charge on any atom is 0.142 e. The van der Waals surface area contributed by atoms with Crippen LogP contribution in [-0.4, -0.2) is 21.7 Å². The first-order valence-electron chi connectivity index (χ1n) is 4.78. The molecule has 4 heteroatoms. The fourth-order valence-electron chi connectivity index (χ4n) is 1.05. The van der Waals surface area contributed by atoms with Gasteiger partial charge in [0, 0.05) is 11.9 Å². The van der Waals surface area contributed by atoms with Gasteiger partial charge < -0.3 is 10.4 Å². The van der Waals surface area contributed by atoms with Crippen molar-refractivity contribution in [2.75, 3.05) is 5.32 Å². The van der Waals surface area contributed by atoms with E-state index < -0.39 is 11.6 Å². The van der Waals surface area contributed by atoms with Crippen LogP contribution >= 0.6 is 0 Å². The Labute approximate surface area is 89.6 Å². The Morgan fingerprint density at radius 2 is 2.27 bits per heavy atom. The molecule has 0 aromatic carbocycles. The number of rotatable bonds is 3. The molecule has 15 heavy (non-hydrogen) atoms. The van der Waals surface area contributed by atoms with Gasteiger partial charge in [-0.25, -0.2) is 4.98 Å². The summed E-state index contributed by atoms with van der Waals surface area (Å²) in [6.07, 6.45) is 1.08. The topological polar surface area (TPSA) is 68.9 Å². The van der Waals surface area contributed by atoms with Gasteiger partial charge in [-0.15, -0.1) is 0 Å². The minimum Gasteiger partial charge on any atom is -0.391 e. The van der Waals surface area contributed by atoms with E-state index in [1.807, 2.05) is 19.9 Å². The van der Waals surface area contributed by atoms with Crippen LogP contribution in [0.2, 0.25) is 0 Å². The molecule has 4 nitrogen and oxygen atoms in total. The first kappa shape index (κ1) is 11.5. The van der Waals surface area contributed by atoms with Gasteiger partial charge >= 0.3 is 0 Å². The van der Waals surface area contributed by atoms with E-state index >= 15 is 0 Å². The summed E-state index contributed by atoms with van der Waals surface area (Å²) in [5, 5.41) is 21.4. The lowest BCUT2D eigenvalue weighted by atomic mass is 9.98. The van der Waals surface area contributed by atoms with Crippen LogP contribution < -0.4 is 5.32 Å². The first-order chi connectivity index (χ1) is 6.95.